The van der Waals surface area contributed by atoms with Crippen LogP contribution in [0.1, 0.15) is 102 Å². The first kappa shape index (κ1) is 26.6. The first-order chi connectivity index (χ1) is 16.5. The molecule has 188 valence electrons. The number of rotatable bonds is 12. The van der Waals surface area contributed by atoms with Crippen molar-refractivity contribution in [1.82, 2.24) is 0 Å². The highest BCUT2D eigenvalue weighted by atomic mass is 19.2. The zero-order valence-electron chi connectivity index (χ0n) is 20.6. The molecule has 0 unspecified atom stereocenters. The molecule has 0 atom stereocenters. The lowest BCUT2D eigenvalue weighted by atomic mass is 9.76. The molecule has 0 aromatic heterocycles. The molecule has 0 spiro atoms. The molecular formula is C29H38F4O. The van der Waals surface area contributed by atoms with Gasteiger partial charge in [0.25, 0.3) is 0 Å². The van der Waals surface area contributed by atoms with Crippen molar-refractivity contribution >= 4 is 0 Å². The normalized spacial score (nSPS) is 18.3. The first-order valence-corrected chi connectivity index (χ1v) is 13.1. The van der Waals surface area contributed by atoms with Gasteiger partial charge in [-0.1, -0.05) is 70.9 Å². The van der Waals surface area contributed by atoms with E-state index in [4.69, 9.17) is 4.74 Å². The zero-order chi connectivity index (χ0) is 24.5. The van der Waals surface area contributed by atoms with Gasteiger partial charge < -0.3 is 4.74 Å². The predicted octanol–water partition coefficient (Wildman–Crippen LogP) is 9.72. The quantitative estimate of drug-likeness (QED) is 0.218. The summed E-state index contributed by atoms with van der Waals surface area (Å²) in [4.78, 5) is 0. The summed E-state index contributed by atoms with van der Waals surface area (Å²) in [5.41, 5.74) is -0.216. The van der Waals surface area contributed by atoms with Gasteiger partial charge in [0.2, 0.25) is 5.82 Å². The Morgan fingerprint density at radius 3 is 1.97 bits per heavy atom. The van der Waals surface area contributed by atoms with Crippen molar-refractivity contribution in [2.75, 3.05) is 6.61 Å². The lowest BCUT2D eigenvalue weighted by Crippen LogP contribution is -2.15. The van der Waals surface area contributed by atoms with Crippen molar-refractivity contribution in [2.24, 2.45) is 5.92 Å². The Labute approximate surface area is 201 Å². The van der Waals surface area contributed by atoms with Crippen LogP contribution in [-0.4, -0.2) is 6.61 Å². The van der Waals surface area contributed by atoms with Crippen LogP contribution in [0.3, 0.4) is 0 Å². The van der Waals surface area contributed by atoms with Gasteiger partial charge in [-0.3, -0.25) is 0 Å². The third-order valence-corrected chi connectivity index (χ3v) is 7.16. The Bertz CT molecular complexity index is 919. The standard InChI is InChI=1S/C29H38F4O/c1-3-5-6-7-8-9-10-20-11-13-21(14-12-20)22-15-16-23(27(31)26(22)30)24-17-18-25(34-19-4-2)29(33)28(24)32/h15-18,20-21H,3-14,19H2,1-2H3. The fourth-order valence-corrected chi connectivity index (χ4v) is 5.13. The fourth-order valence-electron chi connectivity index (χ4n) is 5.13. The molecule has 1 aliphatic carbocycles. The van der Waals surface area contributed by atoms with Crippen LogP contribution < -0.4 is 4.74 Å². The van der Waals surface area contributed by atoms with Gasteiger partial charge in [0, 0.05) is 11.1 Å². The van der Waals surface area contributed by atoms with E-state index in [9.17, 15) is 13.2 Å². The molecule has 0 aliphatic heterocycles. The molecule has 0 saturated heterocycles. The molecule has 34 heavy (non-hydrogen) atoms. The third kappa shape index (κ3) is 6.55. The number of unbranched alkanes of at least 4 members (excludes halogenated alkanes) is 5. The van der Waals surface area contributed by atoms with E-state index in [2.05, 4.69) is 6.92 Å². The summed E-state index contributed by atoms with van der Waals surface area (Å²) < 4.78 is 64.2. The van der Waals surface area contributed by atoms with Crippen LogP contribution in [0.4, 0.5) is 17.6 Å². The maximum Gasteiger partial charge on any atom is 0.201 e. The van der Waals surface area contributed by atoms with Gasteiger partial charge in [0.15, 0.2) is 23.2 Å². The number of hydrogen-bond donors (Lipinski definition) is 0. The second-order valence-electron chi connectivity index (χ2n) is 9.69. The van der Waals surface area contributed by atoms with Crippen LogP contribution in [0.25, 0.3) is 11.1 Å². The van der Waals surface area contributed by atoms with E-state index in [0.717, 1.165) is 25.7 Å². The highest BCUT2D eigenvalue weighted by molar-refractivity contribution is 5.66. The lowest BCUT2D eigenvalue weighted by Gasteiger charge is -2.29. The second kappa shape index (κ2) is 13.2. The smallest absolute Gasteiger partial charge is 0.201 e. The monoisotopic (exact) mass is 478 g/mol. The molecule has 0 bridgehead atoms. The molecule has 2 aromatic rings. The van der Waals surface area contributed by atoms with Crippen molar-refractivity contribution in [3.05, 3.63) is 53.1 Å². The molecule has 0 N–H and O–H groups in total. The van der Waals surface area contributed by atoms with Crippen molar-refractivity contribution in [2.45, 2.75) is 96.8 Å². The lowest BCUT2D eigenvalue weighted by molar-refractivity contribution is 0.295. The highest BCUT2D eigenvalue weighted by Gasteiger charge is 2.27. The minimum atomic E-state index is -1.23. The summed E-state index contributed by atoms with van der Waals surface area (Å²) in [6.07, 6.45) is 13.3. The summed E-state index contributed by atoms with van der Waals surface area (Å²) in [6, 6.07) is 5.43. The molecule has 0 radical (unpaired) electrons. The molecule has 1 nitrogen and oxygen atoms in total. The molecule has 1 saturated carbocycles. The van der Waals surface area contributed by atoms with Gasteiger partial charge in [0.1, 0.15) is 0 Å². The van der Waals surface area contributed by atoms with E-state index in [0.29, 0.717) is 17.9 Å². The van der Waals surface area contributed by atoms with Crippen LogP contribution in [-0.2, 0) is 0 Å². The Hall–Kier alpha value is -2.04. The van der Waals surface area contributed by atoms with Crippen molar-refractivity contribution in [3.8, 4) is 16.9 Å². The highest BCUT2D eigenvalue weighted by Crippen LogP contribution is 2.41. The molecule has 3 rings (SSSR count). The number of halogens is 4. The van der Waals surface area contributed by atoms with Crippen LogP contribution >= 0.6 is 0 Å². The summed E-state index contributed by atoms with van der Waals surface area (Å²) in [6.45, 7) is 4.32. The van der Waals surface area contributed by atoms with E-state index in [1.54, 1.807) is 6.07 Å². The van der Waals surface area contributed by atoms with E-state index in [1.807, 2.05) is 6.92 Å². The van der Waals surface area contributed by atoms with Gasteiger partial charge in [-0.15, -0.1) is 0 Å². The number of ether oxygens (including phenoxy) is 1. The largest absolute Gasteiger partial charge is 0.490 e. The van der Waals surface area contributed by atoms with Crippen LogP contribution in [0.15, 0.2) is 24.3 Å². The maximum absolute atomic E-state index is 15.0. The minimum absolute atomic E-state index is 0.0317. The zero-order valence-corrected chi connectivity index (χ0v) is 20.6. The van der Waals surface area contributed by atoms with Gasteiger partial charge in [-0.05, 0) is 61.6 Å². The average Bonchev–Trinajstić information content (AvgIpc) is 2.85. The van der Waals surface area contributed by atoms with Gasteiger partial charge in [0.05, 0.1) is 6.61 Å². The molecule has 0 heterocycles. The topological polar surface area (TPSA) is 9.23 Å². The van der Waals surface area contributed by atoms with E-state index in [-0.39, 0.29) is 29.4 Å². The van der Waals surface area contributed by atoms with Crippen molar-refractivity contribution in [1.29, 1.82) is 0 Å². The Morgan fingerprint density at radius 1 is 0.676 bits per heavy atom. The molecule has 0 amide bonds. The summed E-state index contributed by atoms with van der Waals surface area (Å²) in [5.74, 6) is -4.06. The fraction of sp³-hybridized carbons (Fsp3) is 0.586. The average molecular weight is 479 g/mol. The minimum Gasteiger partial charge on any atom is -0.490 e. The van der Waals surface area contributed by atoms with Crippen LogP contribution in [0, 0.1) is 29.2 Å². The van der Waals surface area contributed by atoms with Gasteiger partial charge in [-0.2, -0.15) is 4.39 Å². The van der Waals surface area contributed by atoms with Gasteiger partial charge in [-0.25, -0.2) is 13.2 Å². The summed E-state index contributed by atoms with van der Waals surface area (Å²) in [7, 11) is 0. The molecular weight excluding hydrogens is 440 g/mol. The molecule has 1 fully saturated rings. The van der Waals surface area contributed by atoms with Crippen molar-refractivity contribution < 1.29 is 22.3 Å². The maximum atomic E-state index is 15.0. The Morgan fingerprint density at radius 2 is 1.29 bits per heavy atom. The van der Waals surface area contributed by atoms with Gasteiger partial charge >= 0.3 is 0 Å². The predicted molar refractivity (Wildman–Crippen MR) is 130 cm³/mol. The van der Waals surface area contributed by atoms with Crippen LogP contribution in [0.5, 0.6) is 5.75 Å². The summed E-state index contributed by atoms with van der Waals surface area (Å²) in [5, 5.41) is 0. The van der Waals surface area contributed by atoms with Crippen molar-refractivity contribution in [3.63, 3.8) is 0 Å². The van der Waals surface area contributed by atoms with E-state index >= 15 is 4.39 Å². The Balaban J connectivity index is 1.63. The van der Waals surface area contributed by atoms with E-state index in [1.165, 1.54) is 63.1 Å². The SMILES string of the molecule is CCCCCCCCC1CCC(c2ccc(-c3ccc(OCCC)c(F)c3F)c(F)c2F)CC1. The van der Waals surface area contributed by atoms with Crippen LogP contribution in [0.2, 0.25) is 0 Å². The molecule has 2 aromatic carbocycles. The number of hydrogen-bond acceptors (Lipinski definition) is 1. The molecule has 1 aliphatic rings. The molecule has 5 heteroatoms. The summed E-state index contributed by atoms with van der Waals surface area (Å²) >= 11 is 0. The number of benzene rings is 2. The Kier molecular flexibility index (Phi) is 10.3. The second-order valence-corrected chi connectivity index (χ2v) is 9.69. The third-order valence-electron chi connectivity index (χ3n) is 7.16. The van der Waals surface area contributed by atoms with E-state index < -0.39 is 23.3 Å². The first-order valence-electron chi connectivity index (χ1n) is 13.1.